The number of nitrogens with zero attached hydrogens (tertiary/aromatic N) is 1. The molecule has 1 fully saturated rings. The van der Waals surface area contributed by atoms with Crippen molar-refractivity contribution in [3.8, 4) is 0 Å². The van der Waals surface area contributed by atoms with Crippen LogP contribution in [0.3, 0.4) is 0 Å². The lowest BCUT2D eigenvalue weighted by molar-refractivity contribution is -0.123. The Balaban J connectivity index is 1.50. The van der Waals surface area contributed by atoms with Crippen molar-refractivity contribution in [2.24, 2.45) is 0 Å². The minimum Gasteiger partial charge on any atom is -0.367 e. The van der Waals surface area contributed by atoms with Gasteiger partial charge >= 0.3 is 0 Å². The van der Waals surface area contributed by atoms with Crippen LogP contribution in [0.5, 0.6) is 0 Å². The van der Waals surface area contributed by atoms with E-state index in [4.69, 9.17) is 23.2 Å². The number of benzene rings is 1. The first kappa shape index (κ1) is 16.1. The van der Waals surface area contributed by atoms with Crippen molar-refractivity contribution < 1.29 is 4.79 Å². The number of nitrogens with one attached hydrogen (secondary N) is 2. The molecule has 4 nitrogen and oxygen atoms in total. The van der Waals surface area contributed by atoms with Gasteiger partial charge < -0.3 is 10.6 Å². The van der Waals surface area contributed by atoms with Crippen molar-refractivity contribution >= 4 is 34.9 Å². The third kappa shape index (κ3) is 3.59. The van der Waals surface area contributed by atoms with Gasteiger partial charge in [0.1, 0.15) is 5.82 Å². The van der Waals surface area contributed by atoms with Crippen LogP contribution in [0, 0.1) is 0 Å². The number of halogens is 2. The summed E-state index contributed by atoms with van der Waals surface area (Å²) in [6, 6.07) is 11.6. The molecule has 3 rings (SSSR count). The maximum Gasteiger partial charge on any atom is 0.230 e. The predicted molar refractivity (Wildman–Crippen MR) is 93.1 cm³/mol. The molecule has 0 unspecified atom stereocenters. The molecule has 0 saturated heterocycles. The van der Waals surface area contributed by atoms with Crippen LogP contribution < -0.4 is 10.6 Å². The van der Waals surface area contributed by atoms with E-state index in [0.717, 1.165) is 18.4 Å². The second-order valence-electron chi connectivity index (χ2n) is 5.61. The van der Waals surface area contributed by atoms with Gasteiger partial charge in [0, 0.05) is 19.3 Å². The Hall–Kier alpha value is -1.78. The molecule has 2 N–H and O–H groups in total. The summed E-state index contributed by atoms with van der Waals surface area (Å²) in [5.41, 5.74) is 0.755. The quantitative estimate of drug-likeness (QED) is 0.782. The highest BCUT2D eigenvalue weighted by Crippen LogP contribution is 2.48. The topological polar surface area (TPSA) is 54.0 Å². The smallest absolute Gasteiger partial charge is 0.230 e. The molecular formula is C17H17Cl2N3O. The molecule has 23 heavy (non-hydrogen) atoms. The van der Waals surface area contributed by atoms with Gasteiger partial charge in [-0.25, -0.2) is 4.98 Å². The van der Waals surface area contributed by atoms with Gasteiger partial charge in [-0.3, -0.25) is 4.79 Å². The number of rotatable bonds is 6. The zero-order valence-corrected chi connectivity index (χ0v) is 14.0. The number of amides is 1. The van der Waals surface area contributed by atoms with E-state index in [2.05, 4.69) is 15.6 Å². The van der Waals surface area contributed by atoms with Crippen molar-refractivity contribution in [3.05, 3.63) is 58.2 Å². The fourth-order valence-electron chi connectivity index (χ4n) is 2.60. The first-order valence-corrected chi connectivity index (χ1v) is 8.26. The molecule has 0 spiro atoms. The molecule has 6 heteroatoms. The first-order valence-electron chi connectivity index (χ1n) is 7.50. The minimum atomic E-state index is -0.336. The van der Waals surface area contributed by atoms with E-state index in [1.54, 1.807) is 6.07 Å². The Labute approximate surface area is 145 Å². The van der Waals surface area contributed by atoms with Crippen LogP contribution in [0.1, 0.15) is 18.4 Å². The number of hydrogen-bond acceptors (Lipinski definition) is 3. The molecular weight excluding hydrogens is 333 g/mol. The number of carbonyl (C=O) groups excluding carboxylic acids is 1. The molecule has 0 aliphatic heterocycles. The molecule has 0 bridgehead atoms. The van der Waals surface area contributed by atoms with Gasteiger partial charge in [-0.1, -0.05) is 53.5 Å². The molecule has 120 valence electrons. The summed E-state index contributed by atoms with van der Waals surface area (Å²) >= 11 is 11.8. The van der Waals surface area contributed by atoms with Gasteiger partial charge in [-0.05, 0) is 24.5 Å². The van der Waals surface area contributed by atoms with Crippen LogP contribution in [0.4, 0.5) is 5.82 Å². The maximum absolute atomic E-state index is 12.5. The van der Waals surface area contributed by atoms with Gasteiger partial charge in [0.2, 0.25) is 5.91 Å². The second kappa shape index (κ2) is 6.77. The average Bonchev–Trinajstić information content (AvgIpc) is 3.36. The summed E-state index contributed by atoms with van der Waals surface area (Å²) in [6.07, 6.45) is 3.34. The van der Waals surface area contributed by atoms with Crippen LogP contribution in [0.2, 0.25) is 10.0 Å². The standard InChI is InChI=1S/C17H17Cl2N3O/c18-13-10-14(19)15(22-11-13)20-8-9-21-16(23)17(6-7-17)12-4-2-1-3-5-12/h1-5,10-11H,6-9H2,(H,20,22)(H,21,23). The molecule has 1 heterocycles. The largest absolute Gasteiger partial charge is 0.367 e. The van der Waals surface area contributed by atoms with E-state index in [1.165, 1.54) is 6.20 Å². The van der Waals surface area contributed by atoms with E-state index in [1.807, 2.05) is 30.3 Å². The zero-order valence-electron chi connectivity index (χ0n) is 12.5. The lowest BCUT2D eigenvalue weighted by Gasteiger charge is -2.16. The highest BCUT2D eigenvalue weighted by atomic mass is 35.5. The van der Waals surface area contributed by atoms with Crippen molar-refractivity contribution in [3.63, 3.8) is 0 Å². The molecule has 1 saturated carbocycles. The van der Waals surface area contributed by atoms with Crippen LogP contribution in [0.25, 0.3) is 0 Å². The summed E-state index contributed by atoms with van der Waals surface area (Å²) in [5, 5.41) is 7.03. The van der Waals surface area contributed by atoms with Gasteiger partial charge in [-0.15, -0.1) is 0 Å². The maximum atomic E-state index is 12.5. The Kier molecular flexibility index (Phi) is 4.74. The normalized spacial score (nSPS) is 15.0. The molecule has 1 aromatic heterocycles. The Morgan fingerprint density at radius 1 is 1.17 bits per heavy atom. The van der Waals surface area contributed by atoms with E-state index < -0.39 is 0 Å². The number of pyridine rings is 1. The van der Waals surface area contributed by atoms with Crippen molar-refractivity contribution in [2.45, 2.75) is 18.3 Å². The van der Waals surface area contributed by atoms with E-state index >= 15 is 0 Å². The predicted octanol–water partition coefficient (Wildman–Crippen LogP) is 3.65. The molecule has 1 aliphatic rings. The lowest BCUT2D eigenvalue weighted by Crippen LogP contribution is -2.37. The highest BCUT2D eigenvalue weighted by Gasteiger charge is 2.50. The van der Waals surface area contributed by atoms with Gasteiger partial charge in [0.25, 0.3) is 0 Å². The summed E-state index contributed by atoms with van der Waals surface area (Å²) in [6.45, 7) is 1.05. The molecule has 0 radical (unpaired) electrons. The fourth-order valence-corrected chi connectivity index (χ4v) is 3.05. The molecule has 1 amide bonds. The number of anilines is 1. The molecule has 1 aliphatic carbocycles. The van der Waals surface area contributed by atoms with E-state index in [-0.39, 0.29) is 11.3 Å². The SMILES string of the molecule is O=C(NCCNc1ncc(Cl)cc1Cl)C1(c2ccccc2)CC1. The number of carbonyl (C=O) groups is 1. The third-order valence-electron chi connectivity index (χ3n) is 4.02. The summed E-state index contributed by atoms with van der Waals surface area (Å²) < 4.78 is 0. The van der Waals surface area contributed by atoms with Gasteiger partial charge in [0.05, 0.1) is 15.5 Å². The minimum absolute atomic E-state index is 0.0839. The Bertz CT molecular complexity index is 702. The van der Waals surface area contributed by atoms with Crippen LogP contribution in [-0.4, -0.2) is 24.0 Å². The average molecular weight is 350 g/mol. The van der Waals surface area contributed by atoms with Crippen molar-refractivity contribution in [2.75, 3.05) is 18.4 Å². The van der Waals surface area contributed by atoms with E-state index in [9.17, 15) is 4.79 Å². The zero-order chi connectivity index (χ0) is 16.3. The van der Waals surface area contributed by atoms with Crippen LogP contribution in [-0.2, 0) is 10.2 Å². The van der Waals surface area contributed by atoms with Crippen molar-refractivity contribution in [1.29, 1.82) is 0 Å². The summed E-state index contributed by atoms with van der Waals surface area (Å²) in [5.74, 6) is 0.648. The summed E-state index contributed by atoms with van der Waals surface area (Å²) in [7, 11) is 0. The van der Waals surface area contributed by atoms with Crippen molar-refractivity contribution in [1.82, 2.24) is 10.3 Å². The van der Waals surface area contributed by atoms with Crippen LogP contribution >= 0.6 is 23.2 Å². The number of aromatic nitrogens is 1. The van der Waals surface area contributed by atoms with Gasteiger partial charge in [0.15, 0.2) is 0 Å². The molecule has 1 aromatic carbocycles. The Morgan fingerprint density at radius 2 is 1.91 bits per heavy atom. The monoisotopic (exact) mass is 349 g/mol. The highest BCUT2D eigenvalue weighted by molar-refractivity contribution is 6.35. The Morgan fingerprint density at radius 3 is 2.57 bits per heavy atom. The fraction of sp³-hybridized carbons (Fsp3) is 0.294. The summed E-state index contributed by atoms with van der Waals surface area (Å²) in [4.78, 5) is 16.6. The lowest BCUT2D eigenvalue weighted by atomic mass is 9.95. The van der Waals surface area contributed by atoms with E-state index in [0.29, 0.717) is 29.0 Å². The molecule has 2 aromatic rings. The van der Waals surface area contributed by atoms with Crippen LogP contribution in [0.15, 0.2) is 42.6 Å². The second-order valence-corrected chi connectivity index (χ2v) is 6.46. The number of hydrogen-bond donors (Lipinski definition) is 2. The molecule has 0 atom stereocenters. The first-order chi connectivity index (χ1) is 11.1. The van der Waals surface area contributed by atoms with Gasteiger partial charge in [-0.2, -0.15) is 0 Å². The third-order valence-corrected chi connectivity index (χ3v) is 4.52.